The largest absolute Gasteiger partial charge is 0.481 e. The Balaban J connectivity index is 2.02. The van der Waals surface area contributed by atoms with Gasteiger partial charge in [-0.1, -0.05) is 36.8 Å². The molecule has 1 aliphatic carbocycles. The Morgan fingerprint density at radius 1 is 1.18 bits per heavy atom. The van der Waals surface area contributed by atoms with Gasteiger partial charge in [0.1, 0.15) is 0 Å². The first-order valence-corrected chi connectivity index (χ1v) is 5.99. The van der Waals surface area contributed by atoms with Crippen LogP contribution in [0.4, 0.5) is 0 Å². The third-order valence-corrected chi connectivity index (χ3v) is 3.52. The lowest BCUT2D eigenvalue weighted by Gasteiger charge is -2.14. The fraction of sp³-hybridized carbons (Fsp3) is 0.429. The lowest BCUT2D eigenvalue weighted by Crippen LogP contribution is -2.20. The monoisotopic (exact) mass is 232 g/mol. The molecule has 2 atom stereocenters. The van der Waals surface area contributed by atoms with Gasteiger partial charge in [0.15, 0.2) is 5.78 Å². The molecule has 0 heterocycles. The number of hydrogen-bond acceptors (Lipinski definition) is 2. The third-order valence-electron chi connectivity index (χ3n) is 3.52. The third kappa shape index (κ3) is 2.73. The Bertz CT molecular complexity index is 411. The van der Waals surface area contributed by atoms with Crippen molar-refractivity contribution >= 4 is 11.8 Å². The molecule has 3 nitrogen and oxygen atoms in total. The molecule has 0 aliphatic heterocycles. The highest BCUT2D eigenvalue weighted by Gasteiger charge is 2.34. The lowest BCUT2D eigenvalue weighted by atomic mass is 9.89. The SMILES string of the molecule is O=C(CC1CCCC1C(=O)O)c1ccccc1. The minimum Gasteiger partial charge on any atom is -0.481 e. The summed E-state index contributed by atoms with van der Waals surface area (Å²) in [6.45, 7) is 0. The number of carboxylic acids is 1. The van der Waals surface area contributed by atoms with Crippen LogP contribution in [0.1, 0.15) is 36.0 Å². The highest BCUT2D eigenvalue weighted by atomic mass is 16.4. The maximum absolute atomic E-state index is 12.0. The second-order valence-corrected chi connectivity index (χ2v) is 4.63. The van der Waals surface area contributed by atoms with Gasteiger partial charge in [0.2, 0.25) is 0 Å². The summed E-state index contributed by atoms with van der Waals surface area (Å²) in [4.78, 5) is 23.0. The molecule has 0 amide bonds. The van der Waals surface area contributed by atoms with Gasteiger partial charge >= 0.3 is 5.97 Å². The molecule has 2 rings (SSSR count). The van der Waals surface area contributed by atoms with Crippen LogP contribution in [-0.4, -0.2) is 16.9 Å². The van der Waals surface area contributed by atoms with Crippen LogP contribution in [0.2, 0.25) is 0 Å². The normalized spacial score (nSPS) is 23.5. The van der Waals surface area contributed by atoms with E-state index < -0.39 is 5.97 Å². The van der Waals surface area contributed by atoms with Crippen LogP contribution in [0.25, 0.3) is 0 Å². The highest BCUT2D eigenvalue weighted by Crippen LogP contribution is 2.35. The number of rotatable bonds is 4. The Morgan fingerprint density at radius 3 is 2.53 bits per heavy atom. The number of carbonyl (C=O) groups is 2. The summed E-state index contributed by atoms with van der Waals surface area (Å²) in [5, 5.41) is 9.06. The van der Waals surface area contributed by atoms with Gasteiger partial charge in [0, 0.05) is 12.0 Å². The van der Waals surface area contributed by atoms with E-state index in [0.29, 0.717) is 18.4 Å². The number of Topliss-reactive ketones (excluding diaryl/α,β-unsaturated/α-hetero) is 1. The molecule has 2 unspecified atom stereocenters. The first-order chi connectivity index (χ1) is 8.18. The van der Waals surface area contributed by atoms with Gasteiger partial charge in [0.25, 0.3) is 0 Å². The van der Waals surface area contributed by atoms with E-state index in [4.69, 9.17) is 5.11 Å². The number of aliphatic carboxylic acids is 1. The van der Waals surface area contributed by atoms with Gasteiger partial charge in [-0.2, -0.15) is 0 Å². The van der Waals surface area contributed by atoms with Crippen molar-refractivity contribution in [3.05, 3.63) is 35.9 Å². The molecule has 0 saturated heterocycles. The fourth-order valence-electron chi connectivity index (χ4n) is 2.59. The molecule has 0 spiro atoms. The zero-order valence-electron chi connectivity index (χ0n) is 9.63. The standard InChI is InChI=1S/C14H16O3/c15-13(10-5-2-1-3-6-10)9-11-7-4-8-12(11)14(16)17/h1-3,5-6,11-12H,4,7-9H2,(H,16,17). The van der Waals surface area contributed by atoms with E-state index in [-0.39, 0.29) is 17.6 Å². The van der Waals surface area contributed by atoms with E-state index in [9.17, 15) is 9.59 Å². The summed E-state index contributed by atoms with van der Waals surface area (Å²) < 4.78 is 0. The summed E-state index contributed by atoms with van der Waals surface area (Å²) in [6.07, 6.45) is 2.85. The van der Waals surface area contributed by atoms with Crippen LogP contribution in [-0.2, 0) is 4.79 Å². The van der Waals surface area contributed by atoms with Crippen LogP contribution < -0.4 is 0 Å². The molecule has 0 radical (unpaired) electrons. The average Bonchev–Trinajstić information content (AvgIpc) is 2.78. The second-order valence-electron chi connectivity index (χ2n) is 4.63. The van der Waals surface area contributed by atoms with Gasteiger partial charge in [0.05, 0.1) is 5.92 Å². The number of ketones is 1. The first-order valence-electron chi connectivity index (χ1n) is 5.99. The minimum absolute atomic E-state index is 0.0141. The molecule has 3 heteroatoms. The van der Waals surface area contributed by atoms with Crippen molar-refractivity contribution < 1.29 is 14.7 Å². The van der Waals surface area contributed by atoms with Crippen molar-refractivity contribution in [1.82, 2.24) is 0 Å². The molecular weight excluding hydrogens is 216 g/mol. The molecule has 0 bridgehead atoms. The van der Waals surface area contributed by atoms with Gasteiger partial charge in [-0.05, 0) is 18.8 Å². The quantitative estimate of drug-likeness (QED) is 0.812. The van der Waals surface area contributed by atoms with Crippen molar-refractivity contribution in [3.63, 3.8) is 0 Å². The Labute approximate surface area is 100 Å². The maximum Gasteiger partial charge on any atom is 0.306 e. The average molecular weight is 232 g/mol. The molecule has 1 saturated carbocycles. The van der Waals surface area contributed by atoms with E-state index in [2.05, 4.69) is 0 Å². The molecule has 17 heavy (non-hydrogen) atoms. The van der Waals surface area contributed by atoms with E-state index in [1.165, 1.54) is 0 Å². The molecule has 90 valence electrons. The fourth-order valence-corrected chi connectivity index (χ4v) is 2.59. The molecule has 1 aromatic rings. The van der Waals surface area contributed by atoms with E-state index in [0.717, 1.165) is 12.8 Å². The van der Waals surface area contributed by atoms with Crippen molar-refractivity contribution in [2.75, 3.05) is 0 Å². The Hall–Kier alpha value is -1.64. The smallest absolute Gasteiger partial charge is 0.306 e. The molecule has 1 N–H and O–H groups in total. The Kier molecular flexibility index (Phi) is 3.57. The van der Waals surface area contributed by atoms with E-state index >= 15 is 0 Å². The van der Waals surface area contributed by atoms with Crippen molar-refractivity contribution in [2.24, 2.45) is 11.8 Å². The van der Waals surface area contributed by atoms with Gasteiger partial charge in [-0.25, -0.2) is 0 Å². The molecule has 1 fully saturated rings. The van der Waals surface area contributed by atoms with E-state index in [1.54, 1.807) is 12.1 Å². The summed E-state index contributed by atoms with van der Waals surface area (Å²) in [5.74, 6) is -1.01. The molecule has 0 aromatic heterocycles. The topological polar surface area (TPSA) is 54.4 Å². The number of benzene rings is 1. The summed E-state index contributed by atoms with van der Waals surface area (Å²) in [5.41, 5.74) is 0.684. The van der Waals surface area contributed by atoms with Crippen LogP contribution >= 0.6 is 0 Å². The zero-order chi connectivity index (χ0) is 12.3. The lowest BCUT2D eigenvalue weighted by molar-refractivity contribution is -0.142. The second kappa shape index (κ2) is 5.13. The highest BCUT2D eigenvalue weighted by molar-refractivity contribution is 5.96. The Morgan fingerprint density at radius 2 is 1.88 bits per heavy atom. The molecule has 1 aromatic carbocycles. The zero-order valence-corrected chi connectivity index (χ0v) is 9.63. The van der Waals surface area contributed by atoms with Gasteiger partial charge < -0.3 is 5.11 Å². The van der Waals surface area contributed by atoms with E-state index in [1.807, 2.05) is 18.2 Å². The molecular formula is C14H16O3. The molecule has 1 aliphatic rings. The number of carboxylic acid groups (broad SMARTS) is 1. The van der Waals surface area contributed by atoms with Gasteiger partial charge in [-0.15, -0.1) is 0 Å². The number of hydrogen-bond donors (Lipinski definition) is 1. The minimum atomic E-state index is -0.756. The van der Waals surface area contributed by atoms with Crippen molar-refractivity contribution in [2.45, 2.75) is 25.7 Å². The first kappa shape index (κ1) is 11.8. The predicted molar refractivity (Wildman–Crippen MR) is 63.9 cm³/mol. The van der Waals surface area contributed by atoms with Crippen LogP contribution in [0.15, 0.2) is 30.3 Å². The van der Waals surface area contributed by atoms with Crippen LogP contribution in [0.3, 0.4) is 0 Å². The van der Waals surface area contributed by atoms with Crippen LogP contribution in [0.5, 0.6) is 0 Å². The maximum atomic E-state index is 12.0. The summed E-state index contributed by atoms with van der Waals surface area (Å²) in [6, 6.07) is 9.10. The summed E-state index contributed by atoms with van der Waals surface area (Å²) in [7, 11) is 0. The summed E-state index contributed by atoms with van der Waals surface area (Å²) >= 11 is 0. The van der Waals surface area contributed by atoms with Crippen molar-refractivity contribution in [3.8, 4) is 0 Å². The van der Waals surface area contributed by atoms with Crippen LogP contribution in [0, 0.1) is 11.8 Å². The van der Waals surface area contributed by atoms with Crippen molar-refractivity contribution in [1.29, 1.82) is 0 Å². The van der Waals surface area contributed by atoms with Gasteiger partial charge in [-0.3, -0.25) is 9.59 Å². The number of carbonyl (C=O) groups excluding carboxylic acids is 1. The predicted octanol–water partition coefficient (Wildman–Crippen LogP) is 2.76.